The third-order valence-corrected chi connectivity index (χ3v) is 5.73. The van der Waals surface area contributed by atoms with Gasteiger partial charge in [-0.1, -0.05) is 75.8 Å². The molecule has 0 bridgehead atoms. The summed E-state index contributed by atoms with van der Waals surface area (Å²) in [5.41, 5.74) is 2.15. The molecule has 0 radical (unpaired) electrons. The van der Waals surface area contributed by atoms with E-state index in [4.69, 9.17) is 11.1 Å². The molecule has 0 saturated carbocycles. The van der Waals surface area contributed by atoms with Crippen molar-refractivity contribution in [2.75, 3.05) is 0 Å². The largest absolute Gasteiger partial charge is 0.176 e. The second kappa shape index (κ2) is 9.73. The Labute approximate surface area is 113 Å². The lowest BCUT2D eigenvalue weighted by molar-refractivity contribution is 0.584. The van der Waals surface area contributed by atoms with E-state index in [2.05, 4.69) is 37.3 Å². The highest BCUT2D eigenvalue weighted by atomic mass is 35.6. The molecular weight excluding hydrogens is 244 g/mol. The van der Waals surface area contributed by atoms with E-state index >= 15 is 0 Å². The van der Waals surface area contributed by atoms with Crippen molar-refractivity contribution in [3.63, 3.8) is 0 Å². The summed E-state index contributed by atoms with van der Waals surface area (Å²) >= 11 is 6.20. The number of hydrogen-bond acceptors (Lipinski definition) is 0. The molecule has 96 valence electrons. The first-order chi connectivity index (χ1) is 8.38. The van der Waals surface area contributed by atoms with Gasteiger partial charge in [0.25, 0.3) is 0 Å². The summed E-state index contributed by atoms with van der Waals surface area (Å²) in [6, 6.07) is 10.8. The van der Waals surface area contributed by atoms with Gasteiger partial charge in [0.2, 0.25) is 0 Å². The molecule has 0 aliphatic carbocycles. The minimum Gasteiger partial charge on any atom is -0.176 e. The molecule has 0 N–H and O–H groups in total. The second-order valence-corrected chi connectivity index (χ2v) is 7.04. The summed E-state index contributed by atoms with van der Waals surface area (Å²) in [6.45, 7) is 2.27. The quantitative estimate of drug-likeness (QED) is 0.343. The lowest BCUT2D eigenvalue weighted by Crippen LogP contribution is -2.03. The fourth-order valence-corrected chi connectivity index (χ4v) is 4.12. The summed E-state index contributed by atoms with van der Waals surface area (Å²) in [4.78, 5) is 0. The molecule has 0 aliphatic heterocycles. The summed E-state index contributed by atoms with van der Waals surface area (Å²) < 4.78 is 0. The van der Waals surface area contributed by atoms with Crippen LogP contribution in [0.25, 0.3) is 0 Å². The maximum absolute atomic E-state index is 6.20. The first-order valence-electron chi connectivity index (χ1n) is 6.99. The second-order valence-electron chi connectivity index (χ2n) is 4.82. The Bertz CT molecular complexity index is 274. The molecule has 0 heterocycles. The lowest BCUT2D eigenvalue weighted by atomic mass is 10.0. The number of halogens is 1. The number of hydrogen-bond donors (Lipinski definition) is 0. The first-order valence-corrected chi connectivity index (χ1v) is 9.94. The highest BCUT2D eigenvalue weighted by Gasteiger charge is 2.09. The predicted molar refractivity (Wildman–Crippen MR) is 81.6 cm³/mol. The molecule has 1 rings (SSSR count). The van der Waals surface area contributed by atoms with Crippen molar-refractivity contribution in [1.29, 1.82) is 0 Å². The molecule has 1 aromatic rings. The van der Waals surface area contributed by atoms with Gasteiger partial charge in [-0.3, -0.25) is 0 Å². The third-order valence-electron chi connectivity index (χ3n) is 3.36. The molecule has 17 heavy (non-hydrogen) atoms. The molecule has 0 spiro atoms. The molecule has 0 aromatic heterocycles. The van der Waals surface area contributed by atoms with E-state index < -0.39 is 8.83 Å². The van der Waals surface area contributed by atoms with Crippen molar-refractivity contribution < 1.29 is 0 Å². The molecule has 2 heteroatoms. The van der Waals surface area contributed by atoms with Crippen LogP contribution < -0.4 is 0 Å². The van der Waals surface area contributed by atoms with Crippen LogP contribution in [0.3, 0.4) is 0 Å². The predicted octanol–water partition coefficient (Wildman–Crippen LogP) is 4.80. The Kier molecular flexibility index (Phi) is 8.46. The molecule has 1 unspecified atom stereocenters. The molecule has 0 fully saturated rings. The molecule has 0 nitrogen and oxygen atoms in total. The van der Waals surface area contributed by atoms with Gasteiger partial charge in [0, 0.05) is 0 Å². The Morgan fingerprint density at radius 2 is 1.65 bits per heavy atom. The molecule has 1 atom stereocenters. The van der Waals surface area contributed by atoms with Gasteiger partial charge in [-0.15, -0.1) is 0 Å². The third kappa shape index (κ3) is 6.28. The topological polar surface area (TPSA) is 0 Å². The van der Waals surface area contributed by atoms with Gasteiger partial charge in [-0.2, -0.15) is 11.1 Å². The van der Waals surface area contributed by atoms with E-state index in [0.29, 0.717) is 5.54 Å². The maximum Gasteiger partial charge on any atom is 0.132 e. The maximum atomic E-state index is 6.20. The number of unbranched alkanes of at least 4 members (excludes halogenated alkanes) is 5. The van der Waals surface area contributed by atoms with Gasteiger partial charge < -0.3 is 0 Å². The van der Waals surface area contributed by atoms with Gasteiger partial charge in [0.1, 0.15) is 8.83 Å². The van der Waals surface area contributed by atoms with Crippen LogP contribution in [-0.4, -0.2) is 8.83 Å². The zero-order valence-electron chi connectivity index (χ0n) is 11.0. The molecular formula is C15H25ClSi. The van der Waals surface area contributed by atoms with E-state index in [1.807, 2.05) is 0 Å². The van der Waals surface area contributed by atoms with Crippen LogP contribution in [-0.2, 0) is 0 Å². The van der Waals surface area contributed by atoms with Gasteiger partial charge in [-0.25, -0.2) is 0 Å². The summed E-state index contributed by atoms with van der Waals surface area (Å²) in [6.07, 6.45) is 9.57. The lowest BCUT2D eigenvalue weighted by Gasteiger charge is -2.13. The molecule has 1 aromatic carbocycles. The fraction of sp³-hybridized carbons (Fsp3) is 0.600. The molecule has 0 saturated heterocycles. The van der Waals surface area contributed by atoms with Gasteiger partial charge in [0.05, 0.1) is 0 Å². The Morgan fingerprint density at radius 3 is 2.29 bits per heavy atom. The average molecular weight is 269 g/mol. The van der Waals surface area contributed by atoms with Crippen molar-refractivity contribution in [2.45, 2.75) is 57.4 Å². The minimum atomic E-state index is -0.442. The number of rotatable bonds is 9. The van der Waals surface area contributed by atoms with E-state index in [9.17, 15) is 0 Å². The van der Waals surface area contributed by atoms with Crippen LogP contribution in [0.1, 0.15) is 63.0 Å². The van der Waals surface area contributed by atoms with Crippen LogP contribution in [0.5, 0.6) is 0 Å². The van der Waals surface area contributed by atoms with Crippen molar-refractivity contribution in [3.8, 4) is 0 Å². The van der Waals surface area contributed by atoms with Gasteiger partial charge in [0.15, 0.2) is 0 Å². The van der Waals surface area contributed by atoms with E-state index in [1.165, 1.54) is 50.5 Å². The van der Waals surface area contributed by atoms with Crippen molar-refractivity contribution >= 4 is 19.9 Å². The normalized spacial score (nSPS) is 13.3. The smallest absolute Gasteiger partial charge is 0.132 e. The van der Waals surface area contributed by atoms with Gasteiger partial charge in [-0.05, 0) is 17.5 Å². The first kappa shape index (κ1) is 14.8. The van der Waals surface area contributed by atoms with Crippen molar-refractivity contribution in [2.24, 2.45) is 0 Å². The molecule has 0 amide bonds. The minimum absolute atomic E-state index is 0.442. The zero-order chi connectivity index (χ0) is 12.3. The van der Waals surface area contributed by atoms with E-state index in [0.717, 1.165) is 0 Å². The summed E-state index contributed by atoms with van der Waals surface area (Å²) in [5, 5.41) is 0. The summed E-state index contributed by atoms with van der Waals surface area (Å²) in [7, 11) is -0.442. The van der Waals surface area contributed by atoms with Gasteiger partial charge >= 0.3 is 0 Å². The Balaban J connectivity index is 2.20. The molecule has 0 aliphatic rings. The van der Waals surface area contributed by atoms with Crippen LogP contribution in [0.2, 0.25) is 0 Å². The van der Waals surface area contributed by atoms with E-state index in [1.54, 1.807) is 0 Å². The summed E-state index contributed by atoms with van der Waals surface area (Å²) in [5.74, 6) is 0. The van der Waals surface area contributed by atoms with E-state index in [-0.39, 0.29) is 0 Å². The van der Waals surface area contributed by atoms with Crippen molar-refractivity contribution in [3.05, 3.63) is 35.9 Å². The van der Waals surface area contributed by atoms with Crippen LogP contribution in [0.15, 0.2) is 30.3 Å². The average Bonchev–Trinajstić information content (AvgIpc) is 2.39. The van der Waals surface area contributed by atoms with Crippen LogP contribution in [0, 0.1) is 0 Å². The Hall–Kier alpha value is -0.273. The standard InChI is InChI=1S/C15H25ClSi/c1-2-3-4-5-6-10-13-15(17-16)14-11-8-7-9-12-14/h7-9,11-12,15H,2-6,10,13,17H2,1H3. The highest BCUT2D eigenvalue weighted by molar-refractivity contribution is 6.94. The highest BCUT2D eigenvalue weighted by Crippen LogP contribution is 2.22. The fourth-order valence-electron chi connectivity index (χ4n) is 2.23. The monoisotopic (exact) mass is 268 g/mol. The Morgan fingerprint density at radius 1 is 1.00 bits per heavy atom. The van der Waals surface area contributed by atoms with Crippen molar-refractivity contribution in [1.82, 2.24) is 0 Å². The van der Waals surface area contributed by atoms with Crippen LogP contribution in [0.4, 0.5) is 0 Å². The van der Waals surface area contributed by atoms with Crippen LogP contribution >= 0.6 is 11.1 Å². The zero-order valence-corrected chi connectivity index (χ0v) is 13.2. The SMILES string of the molecule is CCCCCCCCC([SiH2]Cl)c1ccccc1. The number of benzene rings is 1.